The minimum absolute atomic E-state index is 0.00799. The molecule has 1 rings (SSSR count). The fourth-order valence-electron chi connectivity index (χ4n) is 1.29. The Morgan fingerprint density at radius 1 is 1.56 bits per heavy atom. The number of hydrogen-bond acceptors (Lipinski definition) is 5. The molecule has 0 unspecified atom stereocenters. The maximum absolute atomic E-state index is 11.6. The molecule has 0 aliphatic carbocycles. The average molecular weight is 283 g/mol. The molecule has 0 heterocycles. The molecule has 0 saturated carbocycles. The molecule has 1 aromatic carbocycles. The molecule has 0 atom stereocenters. The second-order valence-electron chi connectivity index (χ2n) is 3.20. The predicted octanol–water partition coefficient (Wildman–Crippen LogP) is 2.18. The van der Waals surface area contributed by atoms with Gasteiger partial charge in [0.05, 0.1) is 12.0 Å². The number of thiocarbonyl (C=S) groups is 1. The number of nitrogens with one attached hydrogen (secondary N) is 1. The fourth-order valence-corrected chi connectivity index (χ4v) is 2.11. The number of likely N-dealkylation sites (N-methyl/N-ethyl adjacent to an activating group) is 1. The Hall–Kier alpha value is -1.53. The van der Waals surface area contributed by atoms with Gasteiger partial charge < -0.3 is 15.2 Å². The van der Waals surface area contributed by atoms with Gasteiger partial charge in [0.2, 0.25) is 0 Å². The zero-order valence-electron chi connectivity index (χ0n) is 9.97. The normalized spacial score (nSPS) is 10.9. The van der Waals surface area contributed by atoms with E-state index in [1.165, 1.54) is 18.9 Å². The first-order chi connectivity index (χ1) is 8.63. The van der Waals surface area contributed by atoms with Crippen molar-refractivity contribution in [2.24, 2.45) is 0 Å². The second-order valence-corrected chi connectivity index (χ2v) is 4.65. The lowest BCUT2D eigenvalue weighted by Gasteiger charge is -2.07. The van der Waals surface area contributed by atoms with Gasteiger partial charge in [-0.15, -0.1) is 0 Å². The third-order valence-corrected chi connectivity index (χ3v) is 3.10. The SMILES string of the molecule is CNC(=O)/C(=C/c1cccc(OC)c1O)SC=S. The topological polar surface area (TPSA) is 58.6 Å². The van der Waals surface area contributed by atoms with Crippen molar-refractivity contribution in [2.45, 2.75) is 0 Å². The molecular weight excluding hydrogens is 270 g/mol. The molecule has 0 aliphatic rings. The van der Waals surface area contributed by atoms with Crippen molar-refractivity contribution >= 4 is 40.7 Å². The number of phenols is 1. The van der Waals surface area contributed by atoms with E-state index >= 15 is 0 Å². The number of hydrogen-bond donors (Lipinski definition) is 2. The van der Waals surface area contributed by atoms with Gasteiger partial charge in [-0.1, -0.05) is 36.1 Å². The molecule has 4 nitrogen and oxygen atoms in total. The molecule has 18 heavy (non-hydrogen) atoms. The van der Waals surface area contributed by atoms with Gasteiger partial charge in [-0.3, -0.25) is 4.79 Å². The van der Waals surface area contributed by atoms with Gasteiger partial charge in [0.25, 0.3) is 5.91 Å². The van der Waals surface area contributed by atoms with Crippen LogP contribution in [0, 0.1) is 0 Å². The van der Waals surface area contributed by atoms with Gasteiger partial charge in [-0.05, 0) is 12.1 Å². The van der Waals surface area contributed by atoms with Crippen molar-refractivity contribution in [3.8, 4) is 11.5 Å². The lowest BCUT2D eigenvalue weighted by atomic mass is 10.1. The summed E-state index contributed by atoms with van der Waals surface area (Å²) < 4.78 is 6.39. The van der Waals surface area contributed by atoms with Crippen LogP contribution in [-0.2, 0) is 4.79 Å². The number of methoxy groups -OCH3 is 1. The molecule has 0 saturated heterocycles. The van der Waals surface area contributed by atoms with Crippen molar-refractivity contribution in [1.29, 1.82) is 0 Å². The van der Waals surface area contributed by atoms with Crippen LogP contribution in [0.3, 0.4) is 0 Å². The van der Waals surface area contributed by atoms with Gasteiger partial charge >= 0.3 is 0 Å². The monoisotopic (exact) mass is 283 g/mol. The maximum Gasteiger partial charge on any atom is 0.257 e. The summed E-state index contributed by atoms with van der Waals surface area (Å²) in [5.74, 6) is 0.0852. The smallest absolute Gasteiger partial charge is 0.257 e. The van der Waals surface area contributed by atoms with Crippen LogP contribution in [-0.4, -0.2) is 29.9 Å². The molecule has 0 radical (unpaired) electrons. The second kappa shape index (κ2) is 7.03. The van der Waals surface area contributed by atoms with Crippen molar-refractivity contribution < 1.29 is 14.6 Å². The molecule has 1 amide bonds. The maximum atomic E-state index is 11.6. The molecule has 0 aromatic heterocycles. The largest absolute Gasteiger partial charge is 0.504 e. The first kappa shape index (κ1) is 14.5. The van der Waals surface area contributed by atoms with E-state index in [2.05, 4.69) is 5.32 Å². The van der Waals surface area contributed by atoms with Crippen LogP contribution in [0.25, 0.3) is 6.08 Å². The third-order valence-electron chi connectivity index (χ3n) is 2.16. The predicted molar refractivity (Wildman–Crippen MR) is 77.9 cm³/mol. The van der Waals surface area contributed by atoms with Crippen molar-refractivity contribution in [1.82, 2.24) is 5.32 Å². The van der Waals surface area contributed by atoms with Gasteiger partial charge in [0.1, 0.15) is 0 Å². The highest BCUT2D eigenvalue weighted by Gasteiger charge is 2.10. The number of amides is 1. The highest BCUT2D eigenvalue weighted by atomic mass is 32.2. The summed E-state index contributed by atoms with van der Waals surface area (Å²) in [7, 11) is 3.00. The zero-order chi connectivity index (χ0) is 13.5. The van der Waals surface area contributed by atoms with Crippen LogP contribution in [0.1, 0.15) is 5.56 Å². The van der Waals surface area contributed by atoms with Crippen LogP contribution in [0.4, 0.5) is 0 Å². The van der Waals surface area contributed by atoms with E-state index in [4.69, 9.17) is 17.0 Å². The Morgan fingerprint density at radius 3 is 2.83 bits per heavy atom. The highest BCUT2D eigenvalue weighted by Crippen LogP contribution is 2.32. The Bertz CT molecular complexity index is 486. The summed E-state index contributed by atoms with van der Waals surface area (Å²) in [5.41, 5.74) is 0.498. The van der Waals surface area contributed by atoms with Crippen LogP contribution >= 0.6 is 24.0 Å². The fraction of sp³-hybridized carbons (Fsp3) is 0.167. The van der Waals surface area contributed by atoms with E-state index in [0.717, 1.165) is 11.8 Å². The molecule has 0 bridgehead atoms. The van der Waals surface area contributed by atoms with Crippen LogP contribution < -0.4 is 10.1 Å². The molecule has 0 fully saturated rings. The lowest BCUT2D eigenvalue weighted by Crippen LogP contribution is -2.18. The molecule has 0 aliphatic heterocycles. The van der Waals surface area contributed by atoms with Crippen molar-refractivity contribution in [2.75, 3.05) is 14.2 Å². The number of phenolic OH excluding ortho intramolecular Hbond substituents is 1. The van der Waals surface area contributed by atoms with Crippen LogP contribution in [0.2, 0.25) is 0 Å². The summed E-state index contributed by atoms with van der Waals surface area (Å²) in [6, 6.07) is 5.05. The Balaban J connectivity index is 3.19. The molecular formula is C12H13NO3S2. The van der Waals surface area contributed by atoms with Crippen molar-refractivity contribution in [3.05, 3.63) is 28.7 Å². The van der Waals surface area contributed by atoms with Crippen LogP contribution in [0.5, 0.6) is 11.5 Å². The van der Waals surface area contributed by atoms with E-state index in [-0.39, 0.29) is 11.7 Å². The standard InChI is InChI=1S/C12H13NO3S2/c1-13-12(15)10(18-7-17)6-8-4-3-5-9(16-2)11(8)14/h3-7,14H,1-2H3,(H,13,15)/b10-6-. The van der Waals surface area contributed by atoms with E-state index < -0.39 is 0 Å². The Morgan fingerprint density at radius 2 is 2.28 bits per heavy atom. The highest BCUT2D eigenvalue weighted by molar-refractivity contribution is 8.24. The van der Waals surface area contributed by atoms with Gasteiger partial charge in [0, 0.05) is 17.3 Å². The van der Waals surface area contributed by atoms with E-state index in [9.17, 15) is 9.90 Å². The van der Waals surface area contributed by atoms with Crippen molar-refractivity contribution in [3.63, 3.8) is 0 Å². The number of ether oxygens (including phenoxy) is 1. The number of aromatic hydroxyl groups is 1. The third kappa shape index (κ3) is 3.48. The summed E-state index contributed by atoms with van der Waals surface area (Å²) >= 11 is 5.84. The molecule has 1 aromatic rings. The molecule has 2 N–H and O–H groups in total. The summed E-state index contributed by atoms with van der Waals surface area (Å²) in [6.07, 6.45) is 1.56. The van der Waals surface area contributed by atoms with Gasteiger partial charge in [0.15, 0.2) is 11.5 Å². The minimum atomic E-state index is -0.261. The molecule has 96 valence electrons. The van der Waals surface area contributed by atoms with E-state index in [0.29, 0.717) is 16.2 Å². The summed E-state index contributed by atoms with van der Waals surface area (Å²) in [4.78, 5) is 12.0. The quantitative estimate of drug-likeness (QED) is 0.641. The van der Waals surface area contributed by atoms with Gasteiger partial charge in [-0.25, -0.2) is 0 Å². The minimum Gasteiger partial charge on any atom is -0.504 e. The first-order valence-corrected chi connectivity index (χ1v) is 6.39. The summed E-state index contributed by atoms with van der Waals surface area (Å²) in [5, 5.41) is 12.4. The number of para-hydroxylation sites is 1. The number of rotatable bonds is 5. The number of carbonyl (C=O) groups is 1. The number of carbonyl (C=O) groups excluding carboxylic acids is 1. The zero-order valence-corrected chi connectivity index (χ0v) is 11.6. The lowest BCUT2D eigenvalue weighted by molar-refractivity contribution is -0.116. The van der Waals surface area contributed by atoms with E-state index in [1.807, 2.05) is 0 Å². The first-order valence-electron chi connectivity index (χ1n) is 5.04. The molecule has 0 spiro atoms. The average Bonchev–Trinajstić information content (AvgIpc) is 2.39. The van der Waals surface area contributed by atoms with E-state index in [1.54, 1.807) is 24.3 Å². The van der Waals surface area contributed by atoms with Crippen LogP contribution in [0.15, 0.2) is 23.1 Å². The number of thioether (sulfide) groups is 1. The Kier molecular flexibility index (Phi) is 5.67. The van der Waals surface area contributed by atoms with Gasteiger partial charge in [-0.2, -0.15) is 0 Å². The Labute approximate surface area is 115 Å². The number of benzene rings is 1. The molecule has 6 heteroatoms. The summed E-state index contributed by atoms with van der Waals surface area (Å²) in [6.45, 7) is 0.